The summed E-state index contributed by atoms with van der Waals surface area (Å²) >= 11 is 14.4. The van der Waals surface area contributed by atoms with Crippen LogP contribution >= 0.6 is 55.2 Å². The van der Waals surface area contributed by atoms with E-state index in [0.717, 1.165) is 31.8 Å². The molecule has 0 spiro atoms. The van der Waals surface area contributed by atoms with Crippen LogP contribution in [-0.2, 0) is 17.9 Å². The minimum absolute atomic E-state index is 0.0383. The van der Waals surface area contributed by atoms with Crippen molar-refractivity contribution < 1.29 is 23.8 Å². The first-order valence-electron chi connectivity index (χ1n) is 10.8. The summed E-state index contributed by atoms with van der Waals surface area (Å²) in [5, 5.41) is 0.0348. The maximum atomic E-state index is 13.1. The molecule has 2 aliphatic rings. The molecule has 2 amide bonds. The summed E-state index contributed by atoms with van der Waals surface area (Å²) < 4.78 is 18.2. The highest BCUT2D eigenvalue weighted by atomic mass is 79.9. The van der Waals surface area contributed by atoms with Crippen LogP contribution in [0.3, 0.4) is 0 Å². The zero-order chi connectivity index (χ0) is 25.4. The zero-order valence-corrected chi connectivity index (χ0v) is 23.6. The SMILES string of the molecule is Cc1cccc(COc2c(Br)cc(/C=C3\SC(=O)N(Cc4cc5c(cc4Cl)OCO5)C3=O)cc2Br)c1. The van der Waals surface area contributed by atoms with E-state index in [0.29, 0.717) is 39.3 Å². The van der Waals surface area contributed by atoms with Crippen molar-refractivity contribution in [3.05, 3.63) is 89.7 Å². The summed E-state index contributed by atoms with van der Waals surface area (Å²) in [5.74, 6) is 1.35. The minimum Gasteiger partial charge on any atom is -0.487 e. The molecule has 6 nitrogen and oxygen atoms in total. The van der Waals surface area contributed by atoms with Crippen molar-refractivity contribution in [2.75, 3.05) is 6.79 Å². The second-order valence-electron chi connectivity index (χ2n) is 8.16. The number of benzene rings is 3. The monoisotopic (exact) mass is 649 g/mol. The highest BCUT2D eigenvalue weighted by molar-refractivity contribution is 9.11. The average molecular weight is 652 g/mol. The molecule has 0 bridgehead atoms. The summed E-state index contributed by atoms with van der Waals surface area (Å²) in [7, 11) is 0. The van der Waals surface area contributed by atoms with Gasteiger partial charge in [-0.15, -0.1) is 0 Å². The first-order chi connectivity index (χ1) is 17.3. The van der Waals surface area contributed by atoms with Gasteiger partial charge in [0.15, 0.2) is 11.5 Å². The van der Waals surface area contributed by atoms with Crippen LogP contribution in [0.15, 0.2) is 62.4 Å². The van der Waals surface area contributed by atoms with E-state index in [1.54, 1.807) is 18.2 Å². The lowest BCUT2D eigenvalue weighted by atomic mass is 10.1. The quantitative estimate of drug-likeness (QED) is 0.255. The Morgan fingerprint density at radius 1 is 1.08 bits per heavy atom. The van der Waals surface area contributed by atoms with Gasteiger partial charge in [-0.25, -0.2) is 0 Å². The number of amides is 2. The number of ether oxygens (including phenoxy) is 3. The molecule has 1 saturated heterocycles. The van der Waals surface area contributed by atoms with Crippen molar-refractivity contribution in [1.82, 2.24) is 4.90 Å². The Bertz CT molecular complexity index is 1400. The second kappa shape index (κ2) is 10.5. The Hall–Kier alpha value is -2.46. The molecule has 2 heterocycles. The van der Waals surface area contributed by atoms with E-state index in [2.05, 4.69) is 37.9 Å². The third-order valence-corrected chi connectivity index (χ3v) is 7.97. The standard InChI is InChI=1S/C26H18Br2ClNO5S/c1-14-3-2-4-15(5-14)12-33-24-18(27)6-16(7-19(24)28)8-23-25(31)30(26(32)36-23)11-17-9-21-22(10-20(17)29)35-13-34-21/h2-10H,11-13H2,1H3/b23-8-. The largest absolute Gasteiger partial charge is 0.487 e. The maximum Gasteiger partial charge on any atom is 0.293 e. The average Bonchev–Trinajstić information content (AvgIpc) is 3.37. The Morgan fingerprint density at radius 2 is 1.81 bits per heavy atom. The molecule has 0 aliphatic carbocycles. The van der Waals surface area contributed by atoms with E-state index in [9.17, 15) is 9.59 Å². The van der Waals surface area contributed by atoms with Crippen molar-refractivity contribution in [2.24, 2.45) is 0 Å². The second-order valence-corrected chi connectivity index (χ2v) is 11.3. The molecule has 0 saturated carbocycles. The topological polar surface area (TPSA) is 65.1 Å². The lowest BCUT2D eigenvalue weighted by Gasteiger charge is -2.14. The number of fused-ring (bicyclic) bond motifs is 1. The number of nitrogens with zero attached hydrogens (tertiary/aromatic N) is 1. The number of rotatable bonds is 6. The van der Waals surface area contributed by atoms with Gasteiger partial charge in [0.25, 0.3) is 11.1 Å². The van der Waals surface area contributed by atoms with Crippen molar-refractivity contribution in [3.8, 4) is 17.2 Å². The van der Waals surface area contributed by atoms with E-state index in [1.807, 2.05) is 37.3 Å². The van der Waals surface area contributed by atoms with Gasteiger partial charge in [-0.1, -0.05) is 41.4 Å². The number of carbonyl (C=O) groups excluding carboxylic acids is 2. The van der Waals surface area contributed by atoms with Crippen molar-refractivity contribution in [3.63, 3.8) is 0 Å². The van der Waals surface area contributed by atoms with Crippen LogP contribution in [0, 0.1) is 6.92 Å². The van der Waals surface area contributed by atoms with Crippen LogP contribution in [0.4, 0.5) is 4.79 Å². The van der Waals surface area contributed by atoms with E-state index in [1.165, 1.54) is 10.5 Å². The number of hydrogen-bond acceptors (Lipinski definition) is 6. The highest BCUT2D eigenvalue weighted by Gasteiger charge is 2.36. The first kappa shape index (κ1) is 25.2. The number of carbonyl (C=O) groups is 2. The fourth-order valence-electron chi connectivity index (χ4n) is 3.80. The molecule has 0 aromatic heterocycles. The van der Waals surface area contributed by atoms with Gasteiger partial charge in [-0.3, -0.25) is 14.5 Å². The van der Waals surface area contributed by atoms with Crippen molar-refractivity contribution in [2.45, 2.75) is 20.1 Å². The number of thioether (sulfide) groups is 1. The minimum atomic E-state index is -0.384. The van der Waals surface area contributed by atoms with Crippen LogP contribution in [0.2, 0.25) is 5.02 Å². The van der Waals surface area contributed by atoms with Crippen LogP contribution < -0.4 is 14.2 Å². The van der Waals surface area contributed by atoms with Crippen LogP contribution in [0.25, 0.3) is 6.08 Å². The van der Waals surface area contributed by atoms with Gasteiger partial charge in [0.2, 0.25) is 6.79 Å². The van der Waals surface area contributed by atoms with Gasteiger partial charge in [0, 0.05) is 11.1 Å². The van der Waals surface area contributed by atoms with E-state index < -0.39 is 0 Å². The molecular formula is C26H18Br2ClNO5S. The summed E-state index contributed by atoms with van der Waals surface area (Å²) in [5.41, 5.74) is 3.57. The molecule has 3 aromatic rings. The lowest BCUT2D eigenvalue weighted by molar-refractivity contribution is -0.123. The van der Waals surface area contributed by atoms with E-state index >= 15 is 0 Å². The molecule has 0 atom stereocenters. The van der Waals surface area contributed by atoms with Gasteiger partial charge in [0.05, 0.1) is 20.4 Å². The first-order valence-corrected chi connectivity index (χ1v) is 13.6. The van der Waals surface area contributed by atoms with Gasteiger partial charge in [-0.05, 0) is 91.5 Å². The van der Waals surface area contributed by atoms with Gasteiger partial charge in [-0.2, -0.15) is 0 Å². The lowest BCUT2D eigenvalue weighted by Crippen LogP contribution is -2.27. The molecule has 3 aromatic carbocycles. The van der Waals surface area contributed by atoms with E-state index in [4.69, 9.17) is 25.8 Å². The molecule has 0 radical (unpaired) electrons. The molecule has 184 valence electrons. The Balaban J connectivity index is 1.32. The predicted molar refractivity (Wildman–Crippen MR) is 146 cm³/mol. The smallest absolute Gasteiger partial charge is 0.293 e. The van der Waals surface area contributed by atoms with Crippen LogP contribution in [-0.4, -0.2) is 22.8 Å². The molecule has 36 heavy (non-hydrogen) atoms. The maximum absolute atomic E-state index is 13.1. The summed E-state index contributed by atoms with van der Waals surface area (Å²) in [6.45, 7) is 2.60. The van der Waals surface area contributed by atoms with Gasteiger partial charge in [0.1, 0.15) is 12.4 Å². The molecule has 2 aliphatic heterocycles. The predicted octanol–water partition coefficient (Wildman–Crippen LogP) is 7.72. The number of imide groups is 1. The fourth-order valence-corrected chi connectivity index (χ4v) is 6.30. The van der Waals surface area contributed by atoms with Gasteiger partial charge < -0.3 is 14.2 Å². The number of aryl methyl sites for hydroxylation is 1. The third kappa shape index (κ3) is 5.29. The molecule has 1 fully saturated rings. The molecule has 5 rings (SSSR count). The summed E-state index contributed by atoms with van der Waals surface area (Å²) in [6, 6.07) is 15.1. The van der Waals surface area contributed by atoms with Crippen molar-refractivity contribution in [1.29, 1.82) is 0 Å². The fraction of sp³-hybridized carbons (Fsp3) is 0.154. The number of halogens is 3. The van der Waals surface area contributed by atoms with Crippen molar-refractivity contribution >= 4 is 72.4 Å². The van der Waals surface area contributed by atoms with E-state index in [-0.39, 0.29) is 24.5 Å². The Kier molecular flexibility index (Phi) is 7.35. The normalized spacial score (nSPS) is 15.8. The summed E-state index contributed by atoms with van der Waals surface area (Å²) in [4.78, 5) is 27.2. The molecule has 0 N–H and O–H groups in total. The van der Waals surface area contributed by atoms with Crippen LogP contribution in [0.1, 0.15) is 22.3 Å². The third-order valence-electron chi connectivity index (χ3n) is 5.53. The molecular weight excluding hydrogens is 634 g/mol. The number of hydrogen-bond donors (Lipinski definition) is 0. The molecule has 10 heteroatoms. The molecule has 0 unspecified atom stereocenters. The van der Waals surface area contributed by atoms with Crippen LogP contribution in [0.5, 0.6) is 17.2 Å². The summed E-state index contributed by atoms with van der Waals surface area (Å²) in [6.07, 6.45) is 1.69. The highest BCUT2D eigenvalue weighted by Crippen LogP contribution is 2.41. The zero-order valence-electron chi connectivity index (χ0n) is 18.8. The van der Waals surface area contributed by atoms with Gasteiger partial charge >= 0.3 is 0 Å². The Labute approximate surface area is 233 Å². The Morgan fingerprint density at radius 3 is 2.53 bits per heavy atom.